The highest BCUT2D eigenvalue weighted by atomic mass is 79.9. The minimum Gasteiger partial charge on any atom is -0.492 e. The lowest BCUT2D eigenvalue weighted by atomic mass is 10.2. The van der Waals surface area contributed by atoms with Gasteiger partial charge in [0.1, 0.15) is 10.6 Å². The van der Waals surface area contributed by atoms with Crippen LogP contribution in [0.25, 0.3) is 0 Å². The third kappa shape index (κ3) is 3.78. The molecule has 22 heavy (non-hydrogen) atoms. The Balaban J connectivity index is 2.37. The van der Waals surface area contributed by atoms with E-state index in [0.717, 1.165) is 0 Å². The zero-order chi connectivity index (χ0) is 16.2. The minimum atomic E-state index is -3.80. The number of ether oxygens (including phenoxy) is 1. The van der Waals surface area contributed by atoms with Gasteiger partial charge in [0, 0.05) is 10.2 Å². The van der Waals surface area contributed by atoms with Crippen LogP contribution in [-0.2, 0) is 10.0 Å². The standard InChI is InChI=1S/C15H13BrN2O3S/c1-2-21-14-8-5-12(16)9-15(14)22(19,20)18-13-6-3-11(10-17)4-7-13/h3-9,18H,2H2,1H3. The molecule has 0 bridgehead atoms. The molecule has 7 heteroatoms. The molecule has 114 valence electrons. The number of sulfonamides is 1. The van der Waals surface area contributed by atoms with E-state index in [-0.39, 0.29) is 10.6 Å². The van der Waals surface area contributed by atoms with Crippen LogP contribution in [0, 0.1) is 11.3 Å². The van der Waals surface area contributed by atoms with E-state index in [1.54, 1.807) is 31.2 Å². The van der Waals surface area contributed by atoms with Crippen molar-refractivity contribution in [3.05, 3.63) is 52.5 Å². The molecule has 0 saturated heterocycles. The number of hydrogen-bond acceptors (Lipinski definition) is 4. The first kappa shape index (κ1) is 16.3. The van der Waals surface area contributed by atoms with Crippen LogP contribution < -0.4 is 9.46 Å². The van der Waals surface area contributed by atoms with Gasteiger partial charge in [-0.05, 0) is 49.4 Å². The Labute approximate surface area is 137 Å². The lowest BCUT2D eigenvalue weighted by molar-refractivity contribution is 0.331. The number of halogens is 1. The molecule has 0 radical (unpaired) electrons. The summed E-state index contributed by atoms with van der Waals surface area (Å²) in [5.74, 6) is 0.284. The first-order chi connectivity index (χ1) is 10.5. The molecule has 0 aliphatic carbocycles. The van der Waals surface area contributed by atoms with Crippen molar-refractivity contribution >= 4 is 31.6 Å². The summed E-state index contributed by atoms with van der Waals surface area (Å²) < 4.78 is 33.5. The SMILES string of the molecule is CCOc1ccc(Br)cc1S(=O)(=O)Nc1ccc(C#N)cc1. The molecule has 1 N–H and O–H groups in total. The molecule has 0 aliphatic rings. The third-order valence-corrected chi connectivity index (χ3v) is 4.66. The monoisotopic (exact) mass is 380 g/mol. The summed E-state index contributed by atoms with van der Waals surface area (Å²) >= 11 is 3.26. The largest absolute Gasteiger partial charge is 0.492 e. The highest BCUT2D eigenvalue weighted by Gasteiger charge is 2.20. The van der Waals surface area contributed by atoms with Crippen LogP contribution in [0.2, 0.25) is 0 Å². The Morgan fingerprint density at radius 3 is 2.50 bits per heavy atom. The van der Waals surface area contributed by atoms with Crippen molar-refractivity contribution in [1.29, 1.82) is 5.26 Å². The van der Waals surface area contributed by atoms with E-state index >= 15 is 0 Å². The molecular weight excluding hydrogens is 368 g/mol. The van der Waals surface area contributed by atoms with Gasteiger partial charge in [0.25, 0.3) is 10.0 Å². The lowest BCUT2D eigenvalue weighted by Gasteiger charge is -2.13. The maximum absolute atomic E-state index is 12.5. The van der Waals surface area contributed by atoms with E-state index in [2.05, 4.69) is 20.7 Å². The van der Waals surface area contributed by atoms with E-state index in [1.807, 2.05) is 6.07 Å². The van der Waals surface area contributed by atoms with Gasteiger partial charge in [0.2, 0.25) is 0 Å². The fraction of sp³-hybridized carbons (Fsp3) is 0.133. The lowest BCUT2D eigenvalue weighted by Crippen LogP contribution is -2.14. The second-order valence-electron chi connectivity index (χ2n) is 4.32. The van der Waals surface area contributed by atoms with Gasteiger partial charge in [0.15, 0.2) is 0 Å². The second kappa shape index (κ2) is 6.81. The molecular formula is C15H13BrN2O3S. The Hall–Kier alpha value is -2.04. The topological polar surface area (TPSA) is 79.2 Å². The number of hydrogen-bond donors (Lipinski definition) is 1. The van der Waals surface area contributed by atoms with Crippen LogP contribution in [0.4, 0.5) is 5.69 Å². The summed E-state index contributed by atoms with van der Waals surface area (Å²) in [7, 11) is -3.80. The molecule has 0 spiro atoms. The van der Waals surface area contributed by atoms with Crippen molar-refractivity contribution in [2.75, 3.05) is 11.3 Å². The summed E-state index contributed by atoms with van der Waals surface area (Å²) in [5.41, 5.74) is 0.835. The Kier molecular flexibility index (Phi) is 5.06. The van der Waals surface area contributed by atoms with Gasteiger partial charge in [-0.15, -0.1) is 0 Å². The Morgan fingerprint density at radius 1 is 1.23 bits per heavy atom. The highest BCUT2D eigenvalue weighted by Crippen LogP contribution is 2.29. The summed E-state index contributed by atoms with van der Waals surface area (Å²) in [6, 6.07) is 12.9. The van der Waals surface area contributed by atoms with Gasteiger partial charge in [-0.1, -0.05) is 15.9 Å². The van der Waals surface area contributed by atoms with Crippen molar-refractivity contribution in [3.63, 3.8) is 0 Å². The summed E-state index contributed by atoms with van der Waals surface area (Å²) in [5, 5.41) is 8.75. The zero-order valence-electron chi connectivity index (χ0n) is 11.7. The maximum atomic E-state index is 12.5. The van der Waals surface area contributed by atoms with E-state index in [4.69, 9.17) is 10.00 Å². The molecule has 0 fully saturated rings. The number of nitriles is 1. The first-order valence-corrected chi connectivity index (χ1v) is 8.69. The molecule has 0 heterocycles. The van der Waals surface area contributed by atoms with Gasteiger partial charge in [-0.3, -0.25) is 4.72 Å². The van der Waals surface area contributed by atoms with E-state index < -0.39 is 10.0 Å². The molecule has 5 nitrogen and oxygen atoms in total. The van der Waals surface area contributed by atoms with E-state index in [9.17, 15) is 8.42 Å². The fourth-order valence-corrected chi connectivity index (χ4v) is 3.53. The van der Waals surface area contributed by atoms with Crippen molar-refractivity contribution in [1.82, 2.24) is 0 Å². The van der Waals surface area contributed by atoms with Gasteiger partial charge >= 0.3 is 0 Å². The average molecular weight is 381 g/mol. The number of anilines is 1. The molecule has 2 aromatic rings. The number of nitrogens with one attached hydrogen (secondary N) is 1. The van der Waals surface area contributed by atoms with Gasteiger partial charge in [0.05, 0.1) is 18.2 Å². The van der Waals surface area contributed by atoms with Crippen molar-refractivity contribution in [2.45, 2.75) is 11.8 Å². The van der Waals surface area contributed by atoms with Crippen LogP contribution in [0.15, 0.2) is 51.8 Å². The molecule has 0 aromatic heterocycles. The maximum Gasteiger partial charge on any atom is 0.265 e. The van der Waals surface area contributed by atoms with E-state index in [1.165, 1.54) is 18.2 Å². The Morgan fingerprint density at radius 2 is 1.91 bits per heavy atom. The highest BCUT2D eigenvalue weighted by molar-refractivity contribution is 9.10. The van der Waals surface area contributed by atoms with Crippen LogP contribution in [-0.4, -0.2) is 15.0 Å². The van der Waals surface area contributed by atoms with Crippen molar-refractivity contribution < 1.29 is 13.2 Å². The third-order valence-electron chi connectivity index (χ3n) is 2.76. The molecule has 0 atom stereocenters. The summed E-state index contributed by atoms with van der Waals surface area (Å²) in [6.07, 6.45) is 0. The minimum absolute atomic E-state index is 0.0492. The normalized spacial score (nSPS) is 10.8. The van der Waals surface area contributed by atoms with Gasteiger partial charge in [-0.25, -0.2) is 8.42 Å². The van der Waals surface area contributed by atoms with Crippen LogP contribution >= 0.6 is 15.9 Å². The van der Waals surface area contributed by atoms with Crippen molar-refractivity contribution in [3.8, 4) is 11.8 Å². The molecule has 0 amide bonds. The Bertz CT molecular complexity index is 812. The average Bonchev–Trinajstić information content (AvgIpc) is 2.49. The van der Waals surface area contributed by atoms with Crippen LogP contribution in [0.1, 0.15) is 12.5 Å². The van der Waals surface area contributed by atoms with E-state index in [0.29, 0.717) is 22.3 Å². The predicted octanol–water partition coefficient (Wildman–Crippen LogP) is 3.52. The molecule has 0 aliphatic heterocycles. The summed E-state index contributed by atoms with van der Waals surface area (Å²) in [6.45, 7) is 2.15. The predicted molar refractivity (Wildman–Crippen MR) is 87.3 cm³/mol. The van der Waals surface area contributed by atoms with Crippen LogP contribution in [0.3, 0.4) is 0 Å². The molecule has 2 rings (SSSR count). The van der Waals surface area contributed by atoms with Gasteiger partial charge in [-0.2, -0.15) is 5.26 Å². The van der Waals surface area contributed by atoms with Gasteiger partial charge < -0.3 is 4.74 Å². The zero-order valence-corrected chi connectivity index (χ0v) is 14.1. The molecule has 0 saturated carbocycles. The molecule has 2 aromatic carbocycles. The molecule has 0 unspecified atom stereocenters. The van der Waals surface area contributed by atoms with Crippen molar-refractivity contribution in [2.24, 2.45) is 0 Å². The fourth-order valence-electron chi connectivity index (χ4n) is 1.79. The smallest absolute Gasteiger partial charge is 0.265 e. The second-order valence-corrected chi connectivity index (χ2v) is 6.89. The number of benzene rings is 2. The number of rotatable bonds is 5. The summed E-state index contributed by atoms with van der Waals surface area (Å²) in [4.78, 5) is 0.0492. The van der Waals surface area contributed by atoms with Crippen LogP contribution in [0.5, 0.6) is 5.75 Å². The quantitative estimate of drug-likeness (QED) is 0.860. The number of nitrogens with zero attached hydrogens (tertiary/aromatic N) is 1. The first-order valence-electron chi connectivity index (χ1n) is 6.41.